The second kappa shape index (κ2) is 4.78. The summed E-state index contributed by atoms with van der Waals surface area (Å²) in [5.74, 6) is 0.706. The highest BCUT2D eigenvalue weighted by Gasteiger charge is 2.19. The van der Waals surface area contributed by atoms with E-state index in [1.54, 1.807) is 18.0 Å². The van der Waals surface area contributed by atoms with Gasteiger partial charge >= 0.3 is 0 Å². The molecule has 0 radical (unpaired) electrons. The maximum Gasteiger partial charge on any atom is 0.161 e. The molecule has 1 unspecified atom stereocenters. The fourth-order valence-corrected chi connectivity index (χ4v) is 2.14. The molecule has 1 atom stereocenters. The Hall–Kier alpha value is -1.88. The third-order valence-electron chi connectivity index (χ3n) is 2.93. The Morgan fingerprint density at radius 2 is 1.89 bits per heavy atom. The molecule has 0 spiro atoms. The van der Waals surface area contributed by atoms with Gasteiger partial charge in [0.05, 0.1) is 19.3 Å². The number of aromatic nitrogens is 3. The van der Waals surface area contributed by atoms with Gasteiger partial charge in [0, 0.05) is 18.4 Å². The molecule has 5 nitrogen and oxygen atoms in total. The van der Waals surface area contributed by atoms with Gasteiger partial charge in [-0.05, 0) is 31.5 Å². The summed E-state index contributed by atoms with van der Waals surface area (Å²) in [6.07, 6.45) is 1.68. The highest BCUT2D eigenvalue weighted by molar-refractivity contribution is 5.36. The molecule has 0 bridgehead atoms. The number of hydrogen-bond donors (Lipinski definition) is 1. The third kappa shape index (κ3) is 2.22. The van der Waals surface area contributed by atoms with Gasteiger partial charge in [0.2, 0.25) is 0 Å². The number of nitrogens with two attached hydrogens (primary N) is 1. The number of methoxy groups -OCH3 is 1. The lowest BCUT2D eigenvalue weighted by Gasteiger charge is -2.15. The first kappa shape index (κ1) is 12.6. The monoisotopic (exact) mass is 246 g/mol. The molecule has 18 heavy (non-hydrogen) atoms. The number of nitrogens with zero attached hydrogens (tertiary/aromatic N) is 3. The fourth-order valence-electron chi connectivity index (χ4n) is 2.14. The van der Waals surface area contributed by atoms with E-state index in [9.17, 15) is 0 Å². The summed E-state index contributed by atoms with van der Waals surface area (Å²) in [6, 6.07) is 3.71. The summed E-state index contributed by atoms with van der Waals surface area (Å²) in [7, 11) is 3.48. The largest absolute Gasteiger partial charge is 0.493 e. The van der Waals surface area contributed by atoms with Crippen LogP contribution >= 0.6 is 0 Å². The van der Waals surface area contributed by atoms with Gasteiger partial charge in [-0.15, -0.1) is 0 Å². The van der Waals surface area contributed by atoms with Crippen molar-refractivity contribution in [3.05, 3.63) is 41.0 Å². The summed E-state index contributed by atoms with van der Waals surface area (Å²) in [5, 5.41) is 4.17. The van der Waals surface area contributed by atoms with Crippen LogP contribution in [0.4, 0.5) is 0 Å². The number of aryl methyl sites for hydroxylation is 3. The van der Waals surface area contributed by atoms with Crippen molar-refractivity contribution in [2.24, 2.45) is 12.8 Å². The molecule has 96 valence electrons. The first-order chi connectivity index (χ1) is 8.52. The van der Waals surface area contributed by atoms with Crippen LogP contribution in [0.15, 0.2) is 18.3 Å². The molecule has 0 amide bonds. The molecule has 5 heteroatoms. The van der Waals surface area contributed by atoms with Crippen LogP contribution in [0, 0.1) is 13.8 Å². The molecular weight excluding hydrogens is 228 g/mol. The zero-order chi connectivity index (χ0) is 13.3. The lowest BCUT2D eigenvalue weighted by Crippen LogP contribution is -2.17. The first-order valence-corrected chi connectivity index (χ1v) is 5.79. The van der Waals surface area contributed by atoms with Crippen molar-refractivity contribution in [1.82, 2.24) is 14.8 Å². The van der Waals surface area contributed by atoms with E-state index in [-0.39, 0.29) is 6.04 Å². The fraction of sp³-hybridized carbons (Fsp3) is 0.385. The van der Waals surface area contributed by atoms with Crippen LogP contribution in [0.2, 0.25) is 0 Å². The van der Waals surface area contributed by atoms with Crippen LogP contribution in [0.1, 0.15) is 28.7 Å². The summed E-state index contributed by atoms with van der Waals surface area (Å²) >= 11 is 0. The summed E-state index contributed by atoms with van der Waals surface area (Å²) in [4.78, 5) is 4.35. The Labute approximate surface area is 107 Å². The van der Waals surface area contributed by atoms with E-state index in [1.807, 2.05) is 33.0 Å². The number of hydrogen-bond acceptors (Lipinski definition) is 4. The predicted octanol–water partition coefficient (Wildman–Crippen LogP) is 1.49. The van der Waals surface area contributed by atoms with Gasteiger partial charge in [-0.2, -0.15) is 5.10 Å². The van der Waals surface area contributed by atoms with Crippen molar-refractivity contribution in [3.63, 3.8) is 0 Å². The molecule has 0 saturated carbocycles. The van der Waals surface area contributed by atoms with E-state index in [0.29, 0.717) is 5.75 Å². The molecule has 0 aliphatic carbocycles. The molecule has 2 heterocycles. The van der Waals surface area contributed by atoms with Gasteiger partial charge in [0.15, 0.2) is 5.75 Å². The van der Waals surface area contributed by atoms with Crippen molar-refractivity contribution in [3.8, 4) is 5.75 Å². The van der Waals surface area contributed by atoms with Gasteiger partial charge in [0.25, 0.3) is 0 Å². The average Bonchev–Trinajstić information content (AvgIpc) is 2.68. The zero-order valence-corrected chi connectivity index (χ0v) is 11.1. The SMILES string of the molecule is COc1cnn(C)c1C(N)c1cc(C)nc(C)c1. The zero-order valence-electron chi connectivity index (χ0n) is 11.1. The number of rotatable bonds is 3. The molecular formula is C13H18N4O. The Morgan fingerprint density at radius 3 is 2.44 bits per heavy atom. The van der Waals surface area contributed by atoms with Crippen molar-refractivity contribution in [2.45, 2.75) is 19.9 Å². The molecule has 0 aliphatic heterocycles. The number of ether oxygens (including phenoxy) is 1. The third-order valence-corrected chi connectivity index (χ3v) is 2.93. The smallest absolute Gasteiger partial charge is 0.161 e. The molecule has 0 saturated heterocycles. The van der Waals surface area contributed by atoms with Crippen molar-refractivity contribution in [1.29, 1.82) is 0 Å². The second-order valence-corrected chi connectivity index (χ2v) is 4.38. The van der Waals surface area contributed by atoms with E-state index in [0.717, 1.165) is 22.6 Å². The van der Waals surface area contributed by atoms with Crippen molar-refractivity contribution in [2.75, 3.05) is 7.11 Å². The van der Waals surface area contributed by atoms with Crippen LogP contribution in [0.5, 0.6) is 5.75 Å². The normalized spacial score (nSPS) is 12.5. The van der Waals surface area contributed by atoms with Crippen LogP contribution < -0.4 is 10.5 Å². The second-order valence-electron chi connectivity index (χ2n) is 4.38. The molecule has 0 aromatic carbocycles. The maximum absolute atomic E-state index is 6.31. The molecule has 2 aromatic rings. The number of pyridine rings is 1. The minimum Gasteiger partial charge on any atom is -0.493 e. The molecule has 2 aromatic heterocycles. The Morgan fingerprint density at radius 1 is 1.28 bits per heavy atom. The standard InChI is InChI=1S/C13H18N4O/c1-8-5-10(6-9(2)16-8)12(14)13-11(18-4)7-15-17(13)3/h5-7,12H,14H2,1-4H3. The lowest BCUT2D eigenvalue weighted by molar-refractivity contribution is 0.406. The van der Waals surface area contributed by atoms with E-state index < -0.39 is 0 Å². The highest BCUT2D eigenvalue weighted by atomic mass is 16.5. The summed E-state index contributed by atoms with van der Waals surface area (Å²) in [6.45, 7) is 3.92. The van der Waals surface area contributed by atoms with Crippen LogP contribution in [0.25, 0.3) is 0 Å². The minimum atomic E-state index is -0.271. The minimum absolute atomic E-state index is 0.271. The Kier molecular flexibility index (Phi) is 3.34. The van der Waals surface area contributed by atoms with Gasteiger partial charge in [-0.1, -0.05) is 0 Å². The van der Waals surface area contributed by atoms with E-state index in [2.05, 4.69) is 10.1 Å². The lowest BCUT2D eigenvalue weighted by atomic mass is 10.0. The van der Waals surface area contributed by atoms with Gasteiger partial charge < -0.3 is 10.5 Å². The van der Waals surface area contributed by atoms with Crippen LogP contribution in [-0.2, 0) is 7.05 Å². The molecule has 0 fully saturated rings. The highest BCUT2D eigenvalue weighted by Crippen LogP contribution is 2.27. The molecule has 2 rings (SSSR count). The van der Waals surface area contributed by atoms with Gasteiger partial charge in [0.1, 0.15) is 5.69 Å². The van der Waals surface area contributed by atoms with Crippen molar-refractivity contribution < 1.29 is 4.74 Å². The van der Waals surface area contributed by atoms with E-state index in [1.165, 1.54) is 0 Å². The maximum atomic E-state index is 6.31. The van der Waals surface area contributed by atoms with E-state index in [4.69, 9.17) is 10.5 Å². The van der Waals surface area contributed by atoms with Gasteiger partial charge in [-0.3, -0.25) is 9.67 Å². The molecule has 0 aliphatic rings. The van der Waals surface area contributed by atoms with Gasteiger partial charge in [-0.25, -0.2) is 0 Å². The van der Waals surface area contributed by atoms with E-state index >= 15 is 0 Å². The van der Waals surface area contributed by atoms with Crippen LogP contribution in [0.3, 0.4) is 0 Å². The molecule has 2 N–H and O–H groups in total. The van der Waals surface area contributed by atoms with Crippen molar-refractivity contribution >= 4 is 0 Å². The Balaban J connectivity index is 2.47. The first-order valence-electron chi connectivity index (χ1n) is 5.79. The topological polar surface area (TPSA) is 66.0 Å². The quantitative estimate of drug-likeness (QED) is 0.891. The summed E-state index contributed by atoms with van der Waals surface area (Å²) in [5.41, 5.74) is 10.1. The average molecular weight is 246 g/mol. The van der Waals surface area contributed by atoms with Crippen LogP contribution in [-0.4, -0.2) is 21.9 Å². The predicted molar refractivity (Wildman–Crippen MR) is 69.5 cm³/mol. The Bertz CT molecular complexity index is 542. The summed E-state index contributed by atoms with van der Waals surface area (Å²) < 4.78 is 7.03.